The Balaban J connectivity index is 1.62. The Kier molecular flexibility index (Phi) is 6.01. The Labute approximate surface area is 173 Å². The number of nitrogens with zero attached hydrogens (tertiary/aromatic N) is 4. The molecule has 156 valence electrons. The van der Waals surface area contributed by atoms with Crippen molar-refractivity contribution in [2.45, 2.75) is 45.1 Å². The van der Waals surface area contributed by atoms with Crippen LogP contribution in [0.5, 0.6) is 0 Å². The summed E-state index contributed by atoms with van der Waals surface area (Å²) in [5, 5.41) is 21.2. The van der Waals surface area contributed by atoms with Crippen molar-refractivity contribution >= 4 is 11.8 Å². The van der Waals surface area contributed by atoms with E-state index in [4.69, 9.17) is 9.97 Å². The molecule has 2 fully saturated rings. The number of piperidine rings is 1. The Hall–Kier alpha value is -2.18. The molecule has 1 aromatic carbocycles. The second-order valence-corrected chi connectivity index (χ2v) is 8.47. The molecule has 6 nitrogen and oxygen atoms in total. The first-order valence-corrected chi connectivity index (χ1v) is 10.8. The van der Waals surface area contributed by atoms with Crippen LogP contribution in [0, 0.1) is 5.41 Å². The Morgan fingerprint density at radius 1 is 1.07 bits per heavy atom. The lowest BCUT2D eigenvalue weighted by atomic mass is 9.73. The maximum atomic E-state index is 10.8. The fourth-order valence-electron chi connectivity index (χ4n) is 4.60. The van der Waals surface area contributed by atoms with Crippen LogP contribution in [0.1, 0.15) is 37.4 Å². The average Bonchev–Trinajstić information content (AvgIpc) is 3.31. The smallest absolute Gasteiger partial charge is 0.227 e. The van der Waals surface area contributed by atoms with Gasteiger partial charge in [0.1, 0.15) is 5.82 Å². The van der Waals surface area contributed by atoms with Crippen molar-refractivity contribution in [1.29, 1.82) is 0 Å². The minimum atomic E-state index is -0.593. The number of hydrogen-bond donors (Lipinski definition) is 2. The highest BCUT2D eigenvalue weighted by molar-refractivity contribution is 5.47. The van der Waals surface area contributed by atoms with Gasteiger partial charge in [0.2, 0.25) is 5.95 Å². The van der Waals surface area contributed by atoms with Crippen molar-refractivity contribution in [1.82, 2.24) is 9.97 Å². The van der Waals surface area contributed by atoms with Gasteiger partial charge in [-0.1, -0.05) is 37.3 Å². The summed E-state index contributed by atoms with van der Waals surface area (Å²) in [6.07, 6.45) is 3.98. The molecule has 2 aromatic rings. The van der Waals surface area contributed by atoms with E-state index in [2.05, 4.69) is 34.9 Å². The molecule has 2 aliphatic heterocycles. The molecule has 0 spiro atoms. The van der Waals surface area contributed by atoms with Crippen molar-refractivity contribution in [2.24, 2.45) is 5.41 Å². The van der Waals surface area contributed by atoms with Crippen LogP contribution < -0.4 is 9.80 Å². The van der Waals surface area contributed by atoms with E-state index >= 15 is 0 Å². The molecule has 0 bridgehead atoms. The molecule has 2 N–H and O–H groups in total. The van der Waals surface area contributed by atoms with Crippen LogP contribution in [0.25, 0.3) is 0 Å². The summed E-state index contributed by atoms with van der Waals surface area (Å²) in [4.78, 5) is 14.2. The van der Waals surface area contributed by atoms with E-state index in [1.54, 1.807) is 0 Å². The van der Waals surface area contributed by atoms with Crippen LogP contribution in [-0.2, 0) is 12.8 Å². The molecule has 1 aromatic heterocycles. The van der Waals surface area contributed by atoms with Crippen LogP contribution in [0.2, 0.25) is 0 Å². The van der Waals surface area contributed by atoms with Crippen molar-refractivity contribution < 1.29 is 10.2 Å². The molecule has 29 heavy (non-hydrogen) atoms. The van der Waals surface area contributed by atoms with E-state index in [-0.39, 0.29) is 6.61 Å². The molecular formula is C23H32N4O2. The zero-order valence-corrected chi connectivity index (χ0v) is 17.3. The third kappa shape index (κ3) is 4.23. The predicted octanol–water partition coefficient (Wildman–Crippen LogP) is 2.43. The van der Waals surface area contributed by atoms with E-state index in [0.717, 1.165) is 49.1 Å². The van der Waals surface area contributed by atoms with Gasteiger partial charge in [-0.05, 0) is 37.7 Å². The second kappa shape index (κ2) is 8.67. The van der Waals surface area contributed by atoms with Gasteiger partial charge in [0.05, 0.1) is 12.7 Å². The van der Waals surface area contributed by atoms with Gasteiger partial charge in [0, 0.05) is 43.4 Å². The summed E-state index contributed by atoms with van der Waals surface area (Å²) in [6.45, 7) is 5.41. The predicted molar refractivity (Wildman–Crippen MR) is 115 cm³/mol. The SMILES string of the molecule is CCc1cc(N2CC[C@H](O)[C@](CO)(Cc3ccccc3)C2)nc(N2CCCC2)n1. The summed E-state index contributed by atoms with van der Waals surface area (Å²) in [6, 6.07) is 12.2. The Bertz CT molecular complexity index is 810. The molecule has 4 rings (SSSR count). The molecule has 2 atom stereocenters. The first-order chi connectivity index (χ1) is 14.1. The van der Waals surface area contributed by atoms with Crippen LogP contribution in [-0.4, -0.2) is 59.1 Å². The first kappa shape index (κ1) is 20.1. The quantitative estimate of drug-likeness (QED) is 0.781. The largest absolute Gasteiger partial charge is 0.396 e. The fourth-order valence-corrected chi connectivity index (χ4v) is 4.60. The third-order valence-corrected chi connectivity index (χ3v) is 6.43. The summed E-state index contributed by atoms with van der Waals surface area (Å²) >= 11 is 0. The van der Waals surface area contributed by atoms with Gasteiger partial charge >= 0.3 is 0 Å². The van der Waals surface area contributed by atoms with Gasteiger partial charge in [-0.2, -0.15) is 4.98 Å². The van der Waals surface area contributed by atoms with Gasteiger partial charge in [-0.3, -0.25) is 0 Å². The zero-order valence-electron chi connectivity index (χ0n) is 17.3. The molecule has 2 aliphatic rings. The number of benzene rings is 1. The highest BCUT2D eigenvalue weighted by Crippen LogP contribution is 2.36. The molecule has 0 amide bonds. The topological polar surface area (TPSA) is 72.7 Å². The summed E-state index contributed by atoms with van der Waals surface area (Å²) in [7, 11) is 0. The number of aliphatic hydroxyl groups excluding tert-OH is 2. The van der Waals surface area contributed by atoms with Gasteiger partial charge in [-0.25, -0.2) is 4.98 Å². The van der Waals surface area contributed by atoms with Crippen molar-refractivity contribution in [3.8, 4) is 0 Å². The average molecular weight is 397 g/mol. The van der Waals surface area contributed by atoms with Crippen LogP contribution in [0.15, 0.2) is 36.4 Å². The number of aromatic nitrogens is 2. The van der Waals surface area contributed by atoms with Crippen LogP contribution in [0.3, 0.4) is 0 Å². The number of hydrogen-bond acceptors (Lipinski definition) is 6. The second-order valence-electron chi connectivity index (χ2n) is 8.47. The first-order valence-electron chi connectivity index (χ1n) is 10.8. The number of rotatable bonds is 6. The summed E-state index contributed by atoms with van der Waals surface area (Å²) in [5.74, 6) is 1.73. The summed E-state index contributed by atoms with van der Waals surface area (Å²) < 4.78 is 0. The number of aliphatic hydroxyl groups is 2. The molecule has 6 heteroatoms. The lowest BCUT2D eigenvalue weighted by Gasteiger charge is -2.46. The van der Waals surface area contributed by atoms with E-state index in [0.29, 0.717) is 19.4 Å². The van der Waals surface area contributed by atoms with E-state index < -0.39 is 11.5 Å². The fraction of sp³-hybridized carbons (Fsp3) is 0.565. The Morgan fingerprint density at radius 2 is 1.83 bits per heavy atom. The lowest BCUT2D eigenvalue weighted by Crippen LogP contribution is -2.55. The standard InChI is InChI=1S/C23H32N4O2/c1-2-19-14-21(25-22(24-19)26-11-6-7-12-26)27-13-10-20(29)23(16-27,17-28)15-18-8-4-3-5-9-18/h3-5,8-9,14,20,28-29H,2,6-7,10-13,15-17H2,1H3/t20-,23+/m0/s1. The molecule has 2 saturated heterocycles. The van der Waals surface area contributed by atoms with Gasteiger partial charge in [-0.15, -0.1) is 0 Å². The molecule has 3 heterocycles. The normalized spacial score (nSPS) is 24.9. The van der Waals surface area contributed by atoms with E-state index in [9.17, 15) is 10.2 Å². The molecular weight excluding hydrogens is 364 g/mol. The van der Waals surface area contributed by atoms with Crippen LogP contribution in [0.4, 0.5) is 11.8 Å². The number of anilines is 2. The molecule has 0 radical (unpaired) electrons. The molecule has 0 unspecified atom stereocenters. The monoisotopic (exact) mass is 396 g/mol. The van der Waals surface area contributed by atoms with E-state index in [1.165, 1.54) is 12.8 Å². The molecule has 0 aliphatic carbocycles. The Morgan fingerprint density at radius 3 is 2.52 bits per heavy atom. The third-order valence-electron chi connectivity index (χ3n) is 6.43. The molecule has 0 saturated carbocycles. The van der Waals surface area contributed by atoms with E-state index in [1.807, 2.05) is 18.2 Å². The summed E-state index contributed by atoms with van der Waals surface area (Å²) in [5.41, 5.74) is 1.59. The lowest BCUT2D eigenvalue weighted by molar-refractivity contribution is -0.0292. The number of aryl methyl sites for hydroxylation is 1. The maximum absolute atomic E-state index is 10.8. The minimum Gasteiger partial charge on any atom is -0.396 e. The van der Waals surface area contributed by atoms with Crippen molar-refractivity contribution in [3.63, 3.8) is 0 Å². The van der Waals surface area contributed by atoms with Crippen molar-refractivity contribution in [2.75, 3.05) is 42.6 Å². The van der Waals surface area contributed by atoms with Gasteiger partial charge in [0.25, 0.3) is 0 Å². The van der Waals surface area contributed by atoms with Crippen LogP contribution >= 0.6 is 0 Å². The maximum Gasteiger partial charge on any atom is 0.227 e. The highest BCUT2D eigenvalue weighted by atomic mass is 16.3. The van der Waals surface area contributed by atoms with Crippen molar-refractivity contribution in [3.05, 3.63) is 47.7 Å². The zero-order chi connectivity index (χ0) is 20.3. The highest BCUT2D eigenvalue weighted by Gasteiger charge is 2.43. The van der Waals surface area contributed by atoms with Gasteiger partial charge in [0.15, 0.2) is 0 Å². The minimum absolute atomic E-state index is 0.0513. The van der Waals surface area contributed by atoms with Gasteiger partial charge < -0.3 is 20.0 Å².